The molecule has 5 heteroatoms. The van der Waals surface area contributed by atoms with E-state index in [0.717, 1.165) is 13.0 Å². The number of hydrogen-bond donors (Lipinski definition) is 3. The van der Waals surface area contributed by atoms with Gasteiger partial charge in [0.2, 0.25) is 0 Å². The predicted octanol–water partition coefficient (Wildman–Crippen LogP) is 1.16. The molecular weight excluding hydrogens is 194 g/mol. The number of nitrogens with one attached hydrogen (secondary N) is 2. The molecule has 0 spiro atoms. The average molecular weight is 215 g/mol. The van der Waals surface area contributed by atoms with E-state index in [1.807, 2.05) is 0 Å². The summed E-state index contributed by atoms with van der Waals surface area (Å²) in [6.07, 6.45) is 6.47. The van der Waals surface area contributed by atoms with Crippen molar-refractivity contribution in [3.8, 4) is 0 Å². The monoisotopic (exact) mass is 215 g/mol. The summed E-state index contributed by atoms with van der Waals surface area (Å²) < 4.78 is 0. The van der Waals surface area contributed by atoms with Gasteiger partial charge in [-0.25, -0.2) is 5.43 Å². The van der Waals surface area contributed by atoms with Crippen molar-refractivity contribution in [2.75, 3.05) is 13.1 Å². The first-order chi connectivity index (χ1) is 7.27. The van der Waals surface area contributed by atoms with Crippen molar-refractivity contribution >= 4 is 12.3 Å². The van der Waals surface area contributed by atoms with Crippen LogP contribution in [0, 0.1) is 0 Å². The van der Waals surface area contributed by atoms with Crippen LogP contribution in [0.3, 0.4) is 0 Å². The highest BCUT2D eigenvalue weighted by atomic mass is 16.4. The summed E-state index contributed by atoms with van der Waals surface area (Å²) in [6.45, 7) is 3.41. The third-order valence-corrected chi connectivity index (χ3v) is 1.87. The predicted molar refractivity (Wildman–Crippen MR) is 60.9 cm³/mol. The molecule has 0 rings (SSSR count). The van der Waals surface area contributed by atoms with Crippen molar-refractivity contribution in [2.24, 2.45) is 4.99 Å². The maximum absolute atomic E-state index is 10.1. The SMILES string of the molecule is CCCCCCNNC=NCCC(=O)O. The molecule has 0 saturated carbocycles. The molecule has 0 aromatic rings. The molecule has 0 aliphatic heterocycles. The highest BCUT2D eigenvalue weighted by molar-refractivity contribution is 5.67. The first kappa shape index (κ1) is 13.9. The second kappa shape index (κ2) is 11.0. The fourth-order valence-electron chi connectivity index (χ4n) is 1.03. The van der Waals surface area contributed by atoms with E-state index in [1.54, 1.807) is 0 Å². The number of carbonyl (C=O) groups is 1. The molecular formula is C10H21N3O2. The third-order valence-electron chi connectivity index (χ3n) is 1.87. The van der Waals surface area contributed by atoms with Gasteiger partial charge in [-0.3, -0.25) is 9.79 Å². The van der Waals surface area contributed by atoms with Crippen molar-refractivity contribution in [1.29, 1.82) is 0 Å². The maximum atomic E-state index is 10.1. The maximum Gasteiger partial charge on any atom is 0.305 e. The van der Waals surface area contributed by atoms with E-state index < -0.39 is 5.97 Å². The molecule has 0 aromatic carbocycles. The zero-order chi connectivity index (χ0) is 11.4. The number of aliphatic imine (C=N–C) groups is 1. The van der Waals surface area contributed by atoms with Crippen molar-refractivity contribution in [3.05, 3.63) is 0 Å². The van der Waals surface area contributed by atoms with E-state index in [1.165, 1.54) is 25.6 Å². The second-order valence-corrected chi connectivity index (χ2v) is 3.31. The van der Waals surface area contributed by atoms with E-state index in [9.17, 15) is 4.79 Å². The lowest BCUT2D eigenvalue weighted by molar-refractivity contribution is -0.136. The van der Waals surface area contributed by atoms with Crippen molar-refractivity contribution < 1.29 is 9.90 Å². The molecule has 3 N–H and O–H groups in total. The van der Waals surface area contributed by atoms with Gasteiger partial charge in [0.05, 0.1) is 19.3 Å². The topological polar surface area (TPSA) is 73.7 Å². The number of hydrazine groups is 1. The number of aliphatic carboxylic acids is 1. The Labute approximate surface area is 90.9 Å². The molecule has 0 aliphatic carbocycles. The molecule has 0 unspecified atom stereocenters. The van der Waals surface area contributed by atoms with Crippen LogP contribution in [-0.4, -0.2) is 30.5 Å². The molecule has 88 valence electrons. The minimum Gasteiger partial charge on any atom is -0.481 e. The molecule has 0 aromatic heterocycles. The molecule has 0 bridgehead atoms. The normalized spacial score (nSPS) is 10.7. The van der Waals surface area contributed by atoms with Gasteiger partial charge in [-0.15, -0.1) is 0 Å². The number of rotatable bonds is 10. The highest BCUT2D eigenvalue weighted by Crippen LogP contribution is 1.96. The molecule has 0 aliphatic rings. The van der Waals surface area contributed by atoms with Crippen molar-refractivity contribution in [3.63, 3.8) is 0 Å². The lowest BCUT2D eigenvalue weighted by Crippen LogP contribution is -2.31. The summed E-state index contributed by atoms with van der Waals surface area (Å²) in [5.74, 6) is -0.820. The second-order valence-electron chi connectivity index (χ2n) is 3.31. The van der Waals surface area contributed by atoms with E-state index in [2.05, 4.69) is 22.8 Å². The lowest BCUT2D eigenvalue weighted by Gasteiger charge is -2.02. The number of carboxylic acids is 1. The van der Waals surface area contributed by atoms with Gasteiger partial charge in [-0.1, -0.05) is 26.2 Å². The molecule has 5 nitrogen and oxygen atoms in total. The Morgan fingerprint density at radius 2 is 2.20 bits per heavy atom. The van der Waals surface area contributed by atoms with Crippen molar-refractivity contribution in [1.82, 2.24) is 10.9 Å². The average Bonchev–Trinajstić information content (AvgIpc) is 2.20. The molecule has 0 radical (unpaired) electrons. The Balaban J connectivity index is 3.06. The molecule has 0 fully saturated rings. The van der Waals surface area contributed by atoms with E-state index >= 15 is 0 Å². The Kier molecular flexibility index (Phi) is 10.2. The first-order valence-corrected chi connectivity index (χ1v) is 5.46. The summed E-state index contributed by atoms with van der Waals surface area (Å²) >= 11 is 0. The van der Waals surface area contributed by atoms with Gasteiger partial charge >= 0.3 is 5.97 Å². The van der Waals surface area contributed by atoms with Gasteiger partial charge < -0.3 is 10.5 Å². The van der Waals surface area contributed by atoms with Crippen LogP contribution in [0.1, 0.15) is 39.0 Å². The molecule has 0 saturated heterocycles. The number of nitrogens with zero attached hydrogens (tertiary/aromatic N) is 1. The van der Waals surface area contributed by atoms with Crippen LogP contribution in [-0.2, 0) is 4.79 Å². The van der Waals surface area contributed by atoms with Crippen LogP contribution in [0.25, 0.3) is 0 Å². The number of hydrogen-bond acceptors (Lipinski definition) is 3. The third kappa shape index (κ3) is 12.9. The van der Waals surface area contributed by atoms with Crippen LogP contribution < -0.4 is 10.9 Å². The lowest BCUT2D eigenvalue weighted by atomic mass is 10.2. The molecule has 0 amide bonds. The van der Waals surface area contributed by atoms with Gasteiger partial charge in [0.25, 0.3) is 0 Å². The molecule has 0 heterocycles. The van der Waals surface area contributed by atoms with Crippen LogP contribution in [0.2, 0.25) is 0 Å². The summed E-state index contributed by atoms with van der Waals surface area (Å²) in [7, 11) is 0. The smallest absolute Gasteiger partial charge is 0.305 e. The summed E-state index contributed by atoms with van der Waals surface area (Å²) in [5.41, 5.74) is 5.79. The Bertz CT molecular complexity index is 184. The Hall–Kier alpha value is -1.10. The minimum absolute atomic E-state index is 0.0781. The van der Waals surface area contributed by atoms with Crippen LogP contribution in [0.15, 0.2) is 4.99 Å². The Morgan fingerprint density at radius 1 is 1.40 bits per heavy atom. The van der Waals surface area contributed by atoms with Gasteiger partial charge in [-0.05, 0) is 6.42 Å². The molecule has 0 atom stereocenters. The largest absolute Gasteiger partial charge is 0.481 e. The van der Waals surface area contributed by atoms with Gasteiger partial charge in [0, 0.05) is 6.54 Å². The van der Waals surface area contributed by atoms with Crippen molar-refractivity contribution in [2.45, 2.75) is 39.0 Å². The standard InChI is InChI=1S/C10H21N3O2/c1-2-3-4-5-7-12-13-9-11-8-6-10(14)15/h9,12H,2-8H2,1H3,(H,11,13)(H,14,15). The highest BCUT2D eigenvalue weighted by Gasteiger charge is 1.91. The molecule has 15 heavy (non-hydrogen) atoms. The summed E-state index contributed by atoms with van der Waals surface area (Å²) in [5, 5.41) is 8.33. The summed E-state index contributed by atoms with van der Waals surface area (Å²) in [4.78, 5) is 14.0. The number of carboxylic acid groups (broad SMARTS) is 1. The zero-order valence-corrected chi connectivity index (χ0v) is 9.33. The van der Waals surface area contributed by atoms with E-state index in [-0.39, 0.29) is 6.42 Å². The minimum atomic E-state index is -0.820. The summed E-state index contributed by atoms with van der Waals surface area (Å²) in [6, 6.07) is 0. The van der Waals surface area contributed by atoms with Gasteiger partial charge in [0.15, 0.2) is 0 Å². The Morgan fingerprint density at radius 3 is 2.87 bits per heavy atom. The van der Waals surface area contributed by atoms with Crippen LogP contribution >= 0.6 is 0 Å². The number of unbranched alkanes of at least 4 members (excludes halogenated alkanes) is 3. The first-order valence-electron chi connectivity index (χ1n) is 5.46. The fourth-order valence-corrected chi connectivity index (χ4v) is 1.03. The van der Waals surface area contributed by atoms with Crippen LogP contribution in [0.4, 0.5) is 0 Å². The van der Waals surface area contributed by atoms with Crippen LogP contribution in [0.5, 0.6) is 0 Å². The zero-order valence-electron chi connectivity index (χ0n) is 9.33. The van der Waals surface area contributed by atoms with Gasteiger partial charge in [-0.2, -0.15) is 0 Å². The fraction of sp³-hybridized carbons (Fsp3) is 0.800. The quantitative estimate of drug-likeness (QED) is 0.221. The van der Waals surface area contributed by atoms with Gasteiger partial charge in [0.1, 0.15) is 0 Å². The van der Waals surface area contributed by atoms with E-state index in [0.29, 0.717) is 6.54 Å². The van der Waals surface area contributed by atoms with E-state index in [4.69, 9.17) is 5.11 Å².